The van der Waals surface area contributed by atoms with Gasteiger partial charge in [0.1, 0.15) is 0 Å². The minimum Gasteiger partial charge on any atom is -0.361 e. The standard InChI is InChI=1S/C7H7NO/c1-5-6(2)8-4-3-7(5)9/h3-4,8H,1-2H2. The molecular weight excluding hydrogens is 114 g/mol. The first-order chi connectivity index (χ1) is 4.22. The van der Waals surface area contributed by atoms with Crippen molar-refractivity contribution in [2.45, 2.75) is 0 Å². The minimum absolute atomic E-state index is 0.0706. The van der Waals surface area contributed by atoms with Crippen LogP contribution >= 0.6 is 0 Å². The zero-order valence-electron chi connectivity index (χ0n) is 4.98. The maximum Gasteiger partial charge on any atom is 0.188 e. The lowest BCUT2D eigenvalue weighted by Crippen LogP contribution is -2.37. The Balaban J connectivity index is 3.85. The van der Waals surface area contributed by atoms with E-state index in [0.717, 1.165) is 0 Å². The second kappa shape index (κ2) is 1.90. The van der Waals surface area contributed by atoms with Gasteiger partial charge in [0.15, 0.2) is 5.43 Å². The molecule has 1 aromatic heterocycles. The highest BCUT2D eigenvalue weighted by Crippen LogP contribution is 1.50. The van der Waals surface area contributed by atoms with Crippen LogP contribution in [0.4, 0.5) is 0 Å². The molecule has 2 nitrogen and oxygen atoms in total. The Morgan fingerprint density at radius 3 is 2.56 bits per heavy atom. The van der Waals surface area contributed by atoms with Gasteiger partial charge in [-0.15, -0.1) is 0 Å². The fourth-order valence-corrected chi connectivity index (χ4v) is 0.554. The summed E-state index contributed by atoms with van der Waals surface area (Å²) in [5.41, 5.74) is -0.0706. The van der Waals surface area contributed by atoms with Gasteiger partial charge in [-0.25, -0.2) is 0 Å². The van der Waals surface area contributed by atoms with Crippen molar-refractivity contribution < 1.29 is 0 Å². The van der Waals surface area contributed by atoms with Crippen LogP contribution in [0.1, 0.15) is 0 Å². The lowest BCUT2D eigenvalue weighted by Gasteiger charge is -1.81. The maximum atomic E-state index is 10.7. The molecule has 0 saturated carbocycles. The lowest BCUT2D eigenvalue weighted by atomic mass is 10.4. The smallest absolute Gasteiger partial charge is 0.188 e. The van der Waals surface area contributed by atoms with E-state index in [9.17, 15) is 4.79 Å². The zero-order chi connectivity index (χ0) is 6.85. The number of aromatic amines is 1. The quantitative estimate of drug-likeness (QED) is 0.478. The molecule has 0 spiro atoms. The molecule has 0 atom stereocenters. The Kier molecular flexibility index (Phi) is 1.23. The molecule has 0 unspecified atom stereocenters. The van der Waals surface area contributed by atoms with Crippen LogP contribution in [-0.4, -0.2) is 4.98 Å². The first kappa shape index (κ1) is 5.82. The van der Waals surface area contributed by atoms with Crippen molar-refractivity contribution in [2.75, 3.05) is 0 Å². The third-order valence-corrected chi connectivity index (χ3v) is 1.15. The highest BCUT2D eigenvalue weighted by atomic mass is 16.1. The van der Waals surface area contributed by atoms with Crippen molar-refractivity contribution in [1.29, 1.82) is 0 Å². The van der Waals surface area contributed by atoms with E-state index < -0.39 is 0 Å². The maximum absolute atomic E-state index is 10.7. The number of pyridine rings is 1. The molecule has 0 aliphatic heterocycles. The molecule has 0 bridgehead atoms. The van der Waals surface area contributed by atoms with Gasteiger partial charge in [-0.05, 0) is 0 Å². The van der Waals surface area contributed by atoms with Crippen LogP contribution < -0.4 is 16.0 Å². The molecule has 0 radical (unpaired) electrons. The van der Waals surface area contributed by atoms with Crippen LogP contribution in [0.3, 0.4) is 0 Å². The van der Waals surface area contributed by atoms with E-state index in [1.807, 2.05) is 0 Å². The molecule has 1 N–H and O–H groups in total. The second-order valence-corrected chi connectivity index (χ2v) is 1.80. The summed E-state index contributed by atoms with van der Waals surface area (Å²) >= 11 is 0. The molecule has 0 saturated heterocycles. The first-order valence-electron chi connectivity index (χ1n) is 2.57. The molecule has 1 heterocycles. The van der Waals surface area contributed by atoms with E-state index in [0.29, 0.717) is 10.6 Å². The average molecular weight is 121 g/mol. The van der Waals surface area contributed by atoms with Crippen molar-refractivity contribution in [3.8, 4) is 0 Å². The highest BCUT2D eigenvalue weighted by Gasteiger charge is 1.81. The average Bonchev–Trinajstić information content (AvgIpc) is 1.83. The monoisotopic (exact) mass is 121 g/mol. The van der Waals surface area contributed by atoms with Gasteiger partial charge in [0.05, 0.1) is 0 Å². The number of rotatable bonds is 0. The topological polar surface area (TPSA) is 32.9 Å². The normalized spacial score (nSPS) is 9.33. The van der Waals surface area contributed by atoms with Gasteiger partial charge in [-0.1, -0.05) is 13.2 Å². The van der Waals surface area contributed by atoms with Crippen molar-refractivity contribution in [2.24, 2.45) is 0 Å². The zero-order valence-corrected chi connectivity index (χ0v) is 4.98. The number of nitrogens with one attached hydrogen (secondary N) is 1. The van der Waals surface area contributed by atoms with E-state index in [4.69, 9.17) is 0 Å². The first-order valence-corrected chi connectivity index (χ1v) is 2.57. The van der Waals surface area contributed by atoms with Crippen LogP contribution in [0.2, 0.25) is 0 Å². The number of aromatic nitrogens is 1. The highest BCUT2D eigenvalue weighted by molar-refractivity contribution is 5.09. The van der Waals surface area contributed by atoms with Gasteiger partial charge in [0.25, 0.3) is 0 Å². The fraction of sp³-hybridized carbons (Fsp3) is 0. The van der Waals surface area contributed by atoms with Crippen molar-refractivity contribution in [1.82, 2.24) is 4.98 Å². The second-order valence-electron chi connectivity index (χ2n) is 1.80. The molecule has 2 heteroatoms. The Hall–Kier alpha value is -1.31. The van der Waals surface area contributed by atoms with Crippen LogP contribution in [0.25, 0.3) is 13.2 Å². The minimum atomic E-state index is -0.0706. The largest absolute Gasteiger partial charge is 0.361 e. The van der Waals surface area contributed by atoms with Crippen molar-refractivity contribution in [3.63, 3.8) is 0 Å². The van der Waals surface area contributed by atoms with Gasteiger partial charge in [0, 0.05) is 22.8 Å². The van der Waals surface area contributed by atoms with Gasteiger partial charge >= 0.3 is 0 Å². The lowest BCUT2D eigenvalue weighted by molar-refractivity contribution is 1.21. The van der Waals surface area contributed by atoms with Gasteiger partial charge in [-0.3, -0.25) is 4.79 Å². The SMILES string of the molecule is C=c1[nH]ccc(=O)c1=C. The molecule has 0 aromatic carbocycles. The predicted octanol–water partition coefficient (Wildman–Crippen LogP) is -0.804. The Labute approximate surface area is 52.2 Å². The van der Waals surface area contributed by atoms with Crippen molar-refractivity contribution in [3.05, 3.63) is 33.1 Å². The molecule has 0 amide bonds. The molecular formula is C7H7NO. The number of hydrogen-bond donors (Lipinski definition) is 1. The third-order valence-electron chi connectivity index (χ3n) is 1.15. The summed E-state index contributed by atoms with van der Waals surface area (Å²) in [4.78, 5) is 13.5. The summed E-state index contributed by atoms with van der Waals surface area (Å²) in [6.07, 6.45) is 1.55. The van der Waals surface area contributed by atoms with Gasteiger partial charge < -0.3 is 4.98 Å². The number of hydrogen-bond acceptors (Lipinski definition) is 1. The summed E-state index contributed by atoms with van der Waals surface area (Å²) in [6.45, 7) is 7.08. The summed E-state index contributed by atoms with van der Waals surface area (Å²) in [5, 5.41) is 1.03. The Morgan fingerprint density at radius 2 is 2.11 bits per heavy atom. The van der Waals surface area contributed by atoms with E-state index in [1.165, 1.54) is 6.07 Å². The van der Waals surface area contributed by atoms with Crippen molar-refractivity contribution >= 4 is 13.2 Å². The van der Waals surface area contributed by atoms with Gasteiger partial charge in [-0.2, -0.15) is 0 Å². The molecule has 1 rings (SSSR count). The van der Waals surface area contributed by atoms with Crippen LogP contribution in [0.15, 0.2) is 17.1 Å². The molecule has 0 aliphatic rings. The summed E-state index contributed by atoms with van der Waals surface area (Å²) < 4.78 is 0. The fourth-order valence-electron chi connectivity index (χ4n) is 0.554. The molecule has 0 aliphatic carbocycles. The molecule has 9 heavy (non-hydrogen) atoms. The number of H-pyrrole nitrogens is 1. The van der Waals surface area contributed by atoms with Crippen LogP contribution in [0, 0.1) is 0 Å². The van der Waals surface area contributed by atoms with E-state index in [-0.39, 0.29) is 5.43 Å². The predicted molar refractivity (Wildman–Crippen MR) is 37.4 cm³/mol. The molecule has 0 fully saturated rings. The summed E-state index contributed by atoms with van der Waals surface area (Å²) in [5.74, 6) is 0. The van der Waals surface area contributed by atoms with E-state index in [2.05, 4.69) is 18.1 Å². The third kappa shape index (κ3) is 0.914. The molecule has 46 valence electrons. The van der Waals surface area contributed by atoms with E-state index >= 15 is 0 Å². The van der Waals surface area contributed by atoms with Gasteiger partial charge in [0.2, 0.25) is 0 Å². The van der Waals surface area contributed by atoms with Crippen LogP contribution in [-0.2, 0) is 0 Å². The van der Waals surface area contributed by atoms with E-state index in [1.54, 1.807) is 6.20 Å². The van der Waals surface area contributed by atoms with Crippen LogP contribution in [0.5, 0.6) is 0 Å². The summed E-state index contributed by atoms with van der Waals surface area (Å²) in [6, 6.07) is 1.43. The Morgan fingerprint density at radius 1 is 1.44 bits per heavy atom. The Bertz CT molecular complexity index is 319. The summed E-state index contributed by atoms with van der Waals surface area (Å²) in [7, 11) is 0. The molecule has 1 aromatic rings.